The Morgan fingerprint density at radius 2 is 1.57 bits per heavy atom. The van der Waals surface area contributed by atoms with E-state index in [4.69, 9.17) is 0 Å². The Morgan fingerprint density at radius 3 is 2.18 bits per heavy atom. The average molecular weight is 409 g/mol. The minimum absolute atomic E-state index is 0.0788. The normalized spacial score (nSPS) is 20.9. The summed E-state index contributed by atoms with van der Waals surface area (Å²) < 4.78 is 27.4. The zero-order valence-corrected chi connectivity index (χ0v) is 16.8. The van der Waals surface area contributed by atoms with E-state index in [0.717, 1.165) is 44.9 Å². The van der Waals surface area contributed by atoms with Crippen LogP contribution in [0.5, 0.6) is 0 Å². The Labute approximate surface area is 166 Å². The van der Waals surface area contributed by atoms with E-state index in [-0.39, 0.29) is 10.5 Å². The molecule has 0 atom stereocenters. The van der Waals surface area contributed by atoms with Crippen molar-refractivity contribution in [2.75, 3.05) is 13.1 Å². The molecule has 0 bridgehead atoms. The first-order valence-electron chi connectivity index (χ1n) is 10.0. The third-order valence-corrected chi connectivity index (χ3v) is 7.66. The van der Waals surface area contributed by atoms with Crippen molar-refractivity contribution < 1.29 is 23.1 Å². The molecule has 0 spiro atoms. The summed E-state index contributed by atoms with van der Waals surface area (Å²) in [6.45, 7) is 0.974. The van der Waals surface area contributed by atoms with Crippen LogP contribution in [0.3, 0.4) is 0 Å². The van der Waals surface area contributed by atoms with Crippen LogP contribution in [0.2, 0.25) is 0 Å². The summed E-state index contributed by atoms with van der Waals surface area (Å²) in [5.41, 5.74) is -1.10. The molecule has 2 N–H and O–H groups in total. The molecule has 2 aliphatic rings. The van der Waals surface area contributed by atoms with Gasteiger partial charge >= 0.3 is 5.97 Å². The van der Waals surface area contributed by atoms with Crippen molar-refractivity contribution in [2.24, 2.45) is 0 Å². The topological polar surface area (TPSA) is 104 Å². The summed E-state index contributed by atoms with van der Waals surface area (Å²) in [5.74, 6) is -1.58. The molecule has 1 saturated carbocycles. The molecule has 1 aliphatic carbocycles. The Balaban J connectivity index is 1.82. The molecule has 1 amide bonds. The molecule has 1 saturated heterocycles. The lowest BCUT2D eigenvalue weighted by atomic mass is 9.81. The van der Waals surface area contributed by atoms with Gasteiger partial charge in [0.05, 0.1) is 4.90 Å². The summed E-state index contributed by atoms with van der Waals surface area (Å²) in [4.78, 5) is 24.6. The highest BCUT2D eigenvalue weighted by molar-refractivity contribution is 7.89. The van der Waals surface area contributed by atoms with E-state index >= 15 is 0 Å². The summed E-state index contributed by atoms with van der Waals surface area (Å²) >= 11 is 0. The molecule has 1 aliphatic heterocycles. The van der Waals surface area contributed by atoms with E-state index in [2.05, 4.69) is 5.32 Å². The summed E-state index contributed by atoms with van der Waals surface area (Å²) in [5, 5.41) is 12.3. The van der Waals surface area contributed by atoms with Gasteiger partial charge in [-0.3, -0.25) is 4.79 Å². The first-order chi connectivity index (χ1) is 13.3. The molecule has 8 heteroatoms. The van der Waals surface area contributed by atoms with E-state index in [0.29, 0.717) is 25.9 Å². The van der Waals surface area contributed by atoms with Gasteiger partial charge in [0.15, 0.2) is 0 Å². The fourth-order valence-electron chi connectivity index (χ4n) is 4.07. The molecule has 7 nitrogen and oxygen atoms in total. The largest absolute Gasteiger partial charge is 0.480 e. The summed E-state index contributed by atoms with van der Waals surface area (Å²) in [6, 6.07) is 5.90. The van der Waals surface area contributed by atoms with Crippen molar-refractivity contribution in [2.45, 2.75) is 68.2 Å². The van der Waals surface area contributed by atoms with E-state index in [1.165, 1.54) is 28.6 Å². The number of carboxylic acid groups (broad SMARTS) is 1. The number of hydrogen-bond acceptors (Lipinski definition) is 4. The molecular formula is C20H28N2O5S. The van der Waals surface area contributed by atoms with E-state index < -0.39 is 27.4 Å². The van der Waals surface area contributed by atoms with Crippen molar-refractivity contribution in [1.29, 1.82) is 0 Å². The van der Waals surface area contributed by atoms with Crippen molar-refractivity contribution in [3.05, 3.63) is 29.8 Å². The predicted octanol–water partition coefficient (Wildman–Crippen LogP) is 2.77. The average Bonchev–Trinajstić information content (AvgIpc) is 2.99. The van der Waals surface area contributed by atoms with Crippen LogP contribution in [-0.4, -0.2) is 48.3 Å². The van der Waals surface area contributed by atoms with E-state index in [9.17, 15) is 23.1 Å². The van der Waals surface area contributed by atoms with Crippen molar-refractivity contribution in [3.8, 4) is 0 Å². The molecule has 1 heterocycles. The maximum atomic E-state index is 13.0. The van der Waals surface area contributed by atoms with Crippen molar-refractivity contribution in [3.63, 3.8) is 0 Å². The highest BCUT2D eigenvalue weighted by Crippen LogP contribution is 2.29. The monoisotopic (exact) mass is 408 g/mol. The first-order valence-corrected chi connectivity index (χ1v) is 11.5. The zero-order chi connectivity index (χ0) is 20.2. The van der Waals surface area contributed by atoms with Gasteiger partial charge in [0.1, 0.15) is 5.54 Å². The number of benzene rings is 1. The maximum absolute atomic E-state index is 13.0. The van der Waals surface area contributed by atoms with Crippen LogP contribution in [0.25, 0.3) is 0 Å². The molecular weight excluding hydrogens is 380 g/mol. The first kappa shape index (κ1) is 20.8. The number of hydrogen-bond donors (Lipinski definition) is 2. The SMILES string of the molecule is O=C(NC1(C(=O)O)CCCCC1)c1cccc(S(=O)(=O)N2CCCCCC2)c1. The van der Waals surface area contributed by atoms with Crippen LogP contribution >= 0.6 is 0 Å². The fraction of sp³-hybridized carbons (Fsp3) is 0.600. The summed E-state index contributed by atoms with van der Waals surface area (Å²) in [7, 11) is -3.67. The Hall–Kier alpha value is -1.93. The number of sulfonamides is 1. The maximum Gasteiger partial charge on any atom is 0.329 e. The summed E-state index contributed by atoms with van der Waals surface area (Å²) in [6.07, 6.45) is 6.93. The quantitative estimate of drug-likeness (QED) is 0.780. The third kappa shape index (κ3) is 4.38. The van der Waals surface area contributed by atoms with Crippen molar-refractivity contribution in [1.82, 2.24) is 9.62 Å². The van der Waals surface area contributed by atoms with E-state index in [1.54, 1.807) is 0 Å². The molecule has 2 fully saturated rings. The van der Waals surface area contributed by atoms with E-state index in [1.807, 2.05) is 0 Å². The number of carboxylic acids is 1. The highest BCUT2D eigenvalue weighted by Gasteiger charge is 2.41. The van der Waals surface area contributed by atoms with Gasteiger partial charge in [-0.1, -0.05) is 38.2 Å². The predicted molar refractivity (Wildman–Crippen MR) is 105 cm³/mol. The molecule has 0 unspecified atom stereocenters. The second-order valence-electron chi connectivity index (χ2n) is 7.75. The van der Waals surface area contributed by atoms with Gasteiger partial charge in [-0.05, 0) is 43.9 Å². The molecule has 28 heavy (non-hydrogen) atoms. The molecule has 1 aromatic rings. The third-order valence-electron chi connectivity index (χ3n) is 5.77. The Morgan fingerprint density at radius 1 is 0.964 bits per heavy atom. The molecule has 0 radical (unpaired) electrons. The lowest BCUT2D eigenvalue weighted by Crippen LogP contribution is -2.55. The number of carbonyl (C=O) groups is 2. The smallest absolute Gasteiger partial charge is 0.329 e. The van der Waals surface area contributed by atoms with Crippen LogP contribution < -0.4 is 5.32 Å². The number of nitrogens with one attached hydrogen (secondary N) is 1. The number of carbonyl (C=O) groups excluding carboxylic acids is 1. The van der Waals surface area contributed by atoms with Crippen LogP contribution in [0.15, 0.2) is 29.2 Å². The van der Waals surface area contributed by atoms with Gasteiger partial charge < -0.3 is 10.4 Å². The lowest BCUT2D eigenvalue weighted by Gasteiger charge is -2.34. The van der Waals surface area contributed by atoms with Gasteiger partial charge in [-0.2, -0.15) is 4.31 Å². The number of nitrogens with zero attached hydrogens (tertiary/aromatic N) is 1. The Kier molecular flexibility index (Phi) is 6.40. The number of rotatable bonds is 5. The second kappa shape index (κ2) is 8.61. The molecule has 1 aromatic carbocycles. The van der Waals surface area contributed by atoms with Crippen LogP contribution in [0, 0.1) is 0 Å². The second-order valence-corrected chi connectivity index (χ2v) is 9.69. The van der Waals surface area contributed by atoms with Gasteiger partial charge in [0.2, 0.25) is 10.0 Å². The van der Waals surface area contributed by atoms with Gasteiger partial charge in [-0.25, -0.2) is 13.2 Å². The van der Waals surface area contributed by atoms with Crippen molar-refractivity contribution >= 4 is 21.9 Å². The Bertz CT molecular complexity index is 823. The minimum Gasteiger partial charge on any atom is -0.480 e. The van der Waals surface area contributed by atoms with Crippen LogP contribution in [-0.2, 0) is 14.8 Å². The molecule has 0 aromatic heterocycles. The number of amides is 1. The molecule has 154 valence electrons. The highest BCUT2D eigenvalue weighted by atomic mass is 32.2. The fourth-order valence-corrected chi connectivity index (χ4v) is 5.63. The van der Waals surface area contributed by atoms with Gasteiger partial charge in [-0.15, -0.1) is 0 Å². The zero-order valence-electron chi connectivity index (χ0n) is 16.0. The van der Waals surface area contributed by atoms with Crippen LogP contribution in [0.1, 0.15) is 68.1 Å². The molecule has 3 rings (SSSR count). The lowest BCUT2D eigenvalue weighted by molar-refractivity contribution is -0.145. The van der Waals surface area contributed by atoms with Gasteiger partial charge in [0.25, 0.3) is 5.91 Å². The van der Waals surface area contributed by atoms with Gasteiger partial charge in [0, 0.05) is 18.7 Å². The number of aliphatic carboxylic acids is 1. The van der Waals surface area contributed by atoms with Crippen LogP contribution in [0.4, 0.5) is 0 Å². The minimum atomic E-state index is -3.67. The standard InChI is InChI=1S/C20H28N2O5S/c23-18(21-20(19(24)25)11-4-3-5-12-20)16-9-8-10-17(15-16)28(26,27)22-13-6-1-2-7-14-22/h8-10,15H,1-7,11-14H2,(H,21,23)(H,24,25).